The molecule has 1 unspecified atom stereocenters. The Morgan fingerprint density at radius 3 is 2.67 bits per heavy atom. The predicted octanol–water partition coefficient (Wildman–Crippen LogP) is 2.37. The molecule has 0 radical (unpaired) electrons. The molecule has 1 fully saturated rings. The molecule has 0 saturated carbocycles. The fraction of sp³-hybridized carbons (Fsp3) is 0.632. The highest BCUT2D eigenvalue weighted by atomic mass is 16.5. The summed E-state index contributed by atoms with van der Waals surface area (Å²) in [7, 11) is 3.97. The van der Waals surface area contributed by atoms with Crippen LogP contribution < -0.4 is 10.6 Å². The molecule has 1 aromatic rings. The van der Waals surface area contributed by atoms with Gasteiger partial charge in [0.2, 0.25) is 0 Å². The highest BCUT2D eigenvalue weighted by molar-refractivity contribution is 5.79. The van der Waals surface area contributed by atoms with Crippen LogP contribution in [0.15, 0.2) is 29.3 Å². The van der Waals surface area contributed by atoms with Crippen molar-refractivity contribution in [3.05, 3.63) is 35.4 Å². The van der Waals surface area contributed by atoms with E-state index < -0.39 is 0 Å². The number of hydrogen-bond donors (Lipinski definition) is 2. The Bertz CT molecular complexity index is 524. The first-order valence-electron chi connectivity index (χ1n) is 8.93. The molecule has 1 aliphatic rings. The summed E-state index contributed by atoms with van der Waals surface area (Å²) in [6.45, 7) is 7.87. The molecule has 2 N–H and O–H groups in total. The lowest BCUT2D eigenvalue weighted by Crippen LogP contribution is -2.40. The van der Waals surface area contributed by atoms with Crippen LogP contribution in [-0.4, -0.2) is 50.3 Å². The number of nitrogens with zero attached hydrogens (tertiary/aromatic N) is 2. The number of aliphatic imine (C=N–C) groups is 1. The Morgan fingerprint density at radius 2 is 2.04 bits per heavy atom. The average Bonchev–Trinajstić information content (AvgIpc) is 3.09. The maximum atomic E-state index is 5.65. The zero-order chi connectivity index (χ0) is 17.4. The molecule has 0 aromatic heterocycles. The molecule has 1 aromatic carbocycles. The van der Waals surface area contributed by atoms with Gasteiger partial charge in [-0.3, -0.25) is 9.89 Å². The smallest absolute Gasteiger partial charge is 0.191 e. The molecule has 1 heterocycles. The lowest BCUT2D eigenvalue weighted by Gasteiger charge is -2.23. The van der Waals surface area contributed by atoms with Crippen molar-refractivity contribution < 1.29 is 4.74 Å². The monoisotopic (exact) mass is 332 g/mol. The first-order valence-corrected chi connectivity index (χ1v) is 8.93. The highest BCUT2D eigenvalue weighted by Crippen LogP contribution is 2.13. The van der Waals surface area contributed by atoms with Crippen LogP contribution in [0.5, 0.6) is 0 Å². The summed E-state index contributed by atoms with van der Waals surface area (Å²) in [5, 5.41) is 6.78. The molecule has 0 amide bonds. The molecule has 2 rings (SSSR count). The summed E-state index contributed by atoms with van der Waals surface area (Å²) in [5.74, 6) is 0.831. The van der Waals surface area contributed by atoms with E-state index in [1.807, 2.05) is 7.05 Å². The SMILES string of the molecule is CN=C(NCc1ccccc1CN(C)C(C)C)NCC1CCCO1. The van der Waals surface area contributed by atoms with Gasteiger partial charge in [-0.25, -0.2) is 0 Å². The molecular formula is C19H32N4O. The maximum absolute atomic E-state index is 5.65. The minimum Gasteiger partial charge on any atom is -0.376 e. The first kappa shape index (κ1) is 18.7. The van der Waals surface area contributed by atoms with Gasteiger partial charge in [-0.05, 0) is 44.9 Å². The van der Waals surface area contributed by atoms with E-state index >= 15 is 0 Å². The van der Waals surface area contributed by atoms with E-state index in [1.165, 1.54) is 11.1 Å². The van der Waals surface area contributed by atoms with Gasteiger partial charge in [0, 0.05) is 39.3 Å². The number of hydrogen-bond acceptors (Lipinski definition) is 3. The number of ether oxygens (including phenoxy) is 1. The highest BCUT2D eigenvalue weighted by Gasteiger charge is 2.15. The number of nitrogens with one attached hydrogen (secondary N) is 2. The van der Waals surface area contributed by atoms with Crippen molar-refractivity contribution in [1.82, 2.24) is 15.5 Å². The third-order valence-electron chi connectivity index (χ3n) is 4.61. The Morgan fingerprint density at radius 1 is 1.29 bits per heavy atom. The second-order valence-corrected chi connectivity index (χ2v) is 6.72. The quantitative estimate of drug-likeness (QED) is 0.594. The summed E-state index contributed by atoms with van der Waals surface area (Å²) in [6, 6.07) is 9.13. The lowest BCUT2D eigenvalue weighted by atomic mass is 10.1. The van der Waals surface area contributed by atoms with E-state index in [9.17, 15) is 0 Å². The van der Waals surface area contributed by atoms with Crippen molar-refractivity contribution in [3.63, 3.8) is 0 Å². The van der Waals surface area contributed by atoms with Gasteiger partial charge in [-0.15, -0.1) is 0 Å². The lowest BCUT2D eigenvalue weighted by molar-refractivity contribution is 0.114. The molecule has 1 saturated heterocycles. The zero-order valence-corrected chi connectivity index (χ0v) is 15.5. The second-order valence-electron chi connectivity index (χ2n) is 6.72. The maximum Gasteiger partial charge on any atom is 0.191 e. The van der Waals surface area contributed by atoms with Crippen molar-refractivity contribution in [3.8, 4) is 0 Å². The van der Waals surface area contributed by atoms with Crippen LogP contribution >= 0.6 is 0 Å². The summed E-state index contributed by atoms with van der Waals surface area (Å²) in [6.07, 6.45) is 2.61. The van der Waals surface area contributed by atoms with Gasteiger partial charge in [0.25, 0.3) is 0 Å². The normalized spacial score (nSPS) is 18.4. The molecule has 5 nitrogen and oxygen atoms in total. The van der Waals surface area contributed by atoms with Crippen LogP contribution in [0.3, 0.4) is 0 Å². The van der Waals surface area contributed by atoms with Crippen molar-refractivity contribution in [2.24, 2.45) is 4.99 Å². The van der Waals surface area contributed by atoms with Gasteiger partial charge in [0.1, 0.15) is 0 Å². The van der Waals surface area contributed by atoms with Gasteiger partial charge in [0.05, 0.1) is 6.10 Å². The van der Waals surface area contributed by atoms with E-state index in [0.29, 0.717) is 12.1 Å². The third kappa shape index (κ3) is 5.80. The molecule has 0 spiro atoms. The van der Waals surface area contributed by atoms with E-state index in [2.05, 4.69) is 65.7 Å². The first-order chi connectivity index (χ1) is 11.6. The zero-order valence-electron chi connectivity index (χ0n) is 15.5. The molecule has 5 heteroatoms. The number of guanidine groups is 1. The molecule has 0 bridgehead atoms. The fourth-order valence-corrected chi connectivity index (χ4v) is 2.75. The van der Waals surface area contributed by atoms with Crippen molar-refractivity contribution >= 4 is 5.96 Å². The van der Waals surface area contributed by atoms with Crippen molar-refractivity contribution in [2.75, 3.05) is 27.2 Å². The van der Waals surface area contributed by atoms with Crippen LogP contribution in [0.4, 0.5) is 0 Å². The van der Waals surface area contributed by atoms with Gasteiger partial charge in [-0.1, -0.05) is 24.3 Å². The van der Waals surface area contributed by atoms with Crippen LogP contribution in [0, 0.1) is 0 Å². The second kappa shape index (κ2) is 9.64. The minimum atomic E-state index is 0.315. The van der Waals surface area contributed by atoms with Gasteiger partial charge < -0.3 is 15.4 Å². The molecular weight excluding hydrogens is 300 g/mol. The van der Waals surface area contributed by atoms with Crippen LogP contribution in [0.1, 0.15) is 37.8 Å². The third-order valence-corrected chi connectivity index (χ3v) is 4.61. The molecule has 134 valence electrons. The topological polar surface area (TPSA) is 48.9 Å². The van der Waals surface area contributed by atoms with Crippen LogP contribution in [0.25, 0.3) is 0 Å². The molecule has 1 atom stereocenters. The summed E-state index contributed by atoms with van der Waals surface area (Å²) in [4.78, 5) is 6.66. The van der Waals surface area contributed by atoms with Gasteiger partial charge in [0.15, 0.2) is 5.96 Å². The van der Waals surface area contributed by atoms with Crippen molar-refractivity contribution in [1.29, 1.82) is 0 Å². The standard InChI is InChI=1S/C19H32N4O/c1-15(2)23(4)14-17-9-6-5-8-16(17)12-21-19(20-3)22-13-18-10-7-11-24-18/h5-6,8-9,15,18H,7,10-14H2,1-4H3,(H2,20,21,22). The molecule has 1 aliphatic heterocycles. The Labute approximate surface area is 146 Å². The Balaban J connectivity index is 1.87. The summed E-state index contributed by atoms with van der Waals surface area (Å²) >= 11 is 0. The largest absolute Gasteiger partial charge is 0.376 e. The molecule has 24 heavy (non-hydrogen) atoms. The van der Waals surface area contributed by atoms with Gasteiger partial charge >= 0.3 is 0 Å². The fourth-order valence-electron chi connectivity index (χ4n) is 2.75. The Kier molecular flexibility index (Phi) is 7.53. The molecule has 0 aliphatic carbocycles. The predicted molar refractivity (Wildman–Crippen MR) is 100 cm³/mol. The number of rotatable bonds is 7. The minimum absolute atomic E-state index is 0.315. The summed E-state index contributed by atoms with van der Waals surface area (Å²) < 4.78 is 5.65. The van der Waals surface area contributed by atoms with E-state index in [1.54, 1.807) is 0 Å². The van der Waals surface area contributed by atoms with E-state index in [0.717, 1.165) is 45.0 Å². The van der Waals surface area contributed by atoms with E-state index in [-0.39, 0.29) is 0 Å². The van der Waals surface area contributed by atoms with Crippen LogP contribution in [0.2, 0.25) is 0 Å². The summed E-state index contributed by atoms with van der Waals surface area (Å²) in [5.41, 5.74) is 2.67. The Hall–Kier alpha value is -1.59. The average molecular weight is 332 g/mol. The van der Waals surface area contributed by atoms with Crippen LogP contribution in [-0.2, 0) is 17.8 Å². The van der Waals surface area contributed by atoms with Gasteiger partial charge in [-0.2, -0.15) is 0 Å². The number of benzene rings is 1. The van der Waals surface area contributed by atoms with E-state index in [4.69, 9.17) is 4.74 Å². The van der Waals surface area contributed by atoms with Crippen molar-refractivity contribution in [2.45, 2.75) is 51.9 Å².